The summed E-state index contributed by atoms with van der Waals surface area (Å²) in [7, 11) is 0. The maximum atomic E-state index is 12.6. The molecule has 21 heavy (non-hydrogen) atoms. The van der Waals surface area contributed by atoms with E-state index in [-0.39, 0.29) is 12.5 Å². The number of aliphatic hydroxyl groups excluding tert-OH is 1. The minimum atomic E-state index is 0.227. The van der Waals surface area contributed by atoms with E-state index in [2.05, 4.69) is 23.6 Å². The van der Waals surface area contributed by atoms with Crippen LogP contribution in [-0.4, -0.2) is 59.6 Å². The Kier molecular flexibility index (Phi) is 9.68. The number of nitrogens with zero attached hydrogens (tertiary/aromatic N) is 2. The zero-order valence-electron chi connectivity index (χ0n) is 14.0. The van der Waals surface area contributed by atoms with Crippen molar-refractivity contribution in [3.8, 4) is 0 Å². The lowest BCUT2D eigenvalue weighted by molar-refractivity contribution is -0.133. The molecule has 1 fully saturated rings. The summed E-state index contributed by atoms with van der Waals surface area (Å²) in [6.07, 6.45) is 8.78. The number of hydrogen-bond donors (Lipinski definition) is 1. The summed E-state index contributed by atoms with van der Waals surface area (Å²) in [5.41, 5.74) is 0. The molecule has 1 aliphatic rings. The molecule has 0 bridgehead atoms. The molecule has 0 aliphatic carbocycles. The lowest BCUT2D eigenvalue weighted by Gasteiger charge is -2.36. The molecule has 1 amide bonds. The lowest BCUT2D eigenvalue weighted by Crippen LogP contribution is -2.47. The monoisotopic (exact) mass is 298 g/mol. The van der Waals surface area contributed by atoms with Crippen molar-refractivity contribution >= 4 is 5.91 Å². The van der Waals surface area contributed by atoms with Gasteiger partial charge in [-0.3, -0.25) is 9.69 Å². The Hall–Kier alpha value is -0.610. The van der Waals surface area contributed by atoms with Crippen molar-refractivity contribution in [1.29, 1.82) is 0 Å². The van der Waals surface area contributed by atoms with Gasteiger partial charge in [0.05, 0.1) is 6.54 Å². The van der Waals surface area contributed by atoms with Gasteiger partial charge in [0.15, 0.2) is 0 Å². The molecule has 124 valence electrons. The fourth-order valence-corrected chi connectivity index (χ4v) is 3.08. The number of piperidine rings is 1. The Morgan fingerprint density at radius 1 is 1.19 bits per heavy atom. The quantitative estimate of drug-likeness (QED) is 0.674. The van der Waals surface area contributed by atoms with Crippen LogP contribution in [0.5, 0.6) is 0 Å². The van der Waals surface area contributed by atoms with Crippen LogP contribution in [0.15, 0.2) is 0 Å². The molecule has 4 heteroatoms. The molecule has 0 aromatic rings. The van der Waals surface area contributed by atoms with Gasteiger partial charge in [-0.25, -0.2) is 0 Å². The average molecular weight is 298 g/mol. The van der Waals surface area contributed by atoms with Crippen LogP contribution < -0.4 is 0 Å². The first-order valence-electron chi connectivity index (χ1n) is 8.85. The first-order chi connectivity index (χ1) is 10.2. The van der Waals surface area contributed by atoms with Crippen LogP contribution in [0.3, 0.4) is 0 Å². The third-order valence-corrected chi connectivity index (χ3v) is 4.47. The first-order valence-corrected chi connectivity index (χ1v) is 8.85. The topological polar surface area (TPSA) is 43.8 Å². The molecular weight excluding hydrogens is 264 g/mol. The molecule has 0 aromatic heterocycles. The highest BCUT2D eigenvalue weighted by molar-refractivity contribution is 5.78. The van der Waals surface area contributed by atoms with Gasteiger partial charge in [0.1, 0.15) is 0 Å². The predicted molar refractivity (Wildman–Crippen MR) is 87.3 cm³/mol. The van der Waals surface area contributed by atoms with E-state index in [4.69, 9.17) is 0 Å². The molecule has 1 rings (SSSR count). The summed E-state index contributed by atoms with van der Waals surface area (Å²) in [5, 5.41) is 9.19. The molecule has 1 heterocycles. The van der Waals surface area contributed by atoms with Gasteiger partial charge in [-0.05, 0) is 38.6 Å². The van der Waals surface area contributed by atoms with Crippen molar-refractivity contribution in [3.63, 3.8) is 0 Å². The van der Waals surface area contributed by atoms with Crippen molar-refractivity contribution in [2.24, 2.45) is 0 Å². The first kappa shape index (κ1) is 18.4. The largest absolute Gasteiger partial charge is 0.396 e. The Morgan fingerprint density at radius 3 is 2.43 bits per heavy atom. The second kappa shape index (κ2) is 11.0. The van der Waals surface area contributed by atoms with Gasteiger partial charge in [-0.2, -0.15) is 0 Å². The van der Waals surface area contributed by atoms with Gasteiger partial charge in [0.25, 0.3) is 0 Å². The maximum absolute atomic E-state index is 12.6. The van der Waals surface area contributed by atoms with E-state index in [1.165, 1.54) is 12.8 Å². The summed E-state index contributed by atoms with van der Waals surface area (Å²) in [6.45, 7) is 7.91. The van der Waals surface area contributed by atoms with Gasteiger partial charge in [-0.1, -0.05) is 33.1 Å². The van der Waals surface area contributed by atoms with Crippen LogP contribution in [0.4, 0.5) is 0 Å². The molecule has 1 unspecified atom stereocenters. The van der Waals surface area contributed by atoms with Gasteiger partial charge in [-0.15, -0.1) is 0 Å². The minimum Gasteiger partial charge on any atom is -0.396 e. The minimum absolute atomic E-state index is 0.227. The van der Waals surface area contributed by atoms with Gasteiger partial charge in [0, 0.05) is 25.7 Å². The van der Waals surface area contributed by atoms with E-state index in [0.717, 1.165) is 58.2 Å². The van der Waals surface area contributed by atoms with Crippen molar-refractivity contribution in [2.75, 3.05) is 32.8 Å². The predicted octanol–water partition coefficient (Wildman–Crippen LogP) is 2.65. The van der Waals surface area contributed by atoms with Crippen LogP contribution >= 0.6 is 0 Å². The van der Waals surface area contributed by atoms with Gasteiger partial charge < -0.3 is 10.0 Å². The Labute approximate surface area is 130 Å². The molecule has 0 spiro atoms. The van der Waals surface area contributed by atoms with E-state index in [1.807, 2.05) is 0 Å². The highest BCUT2D eigenvalue weighted by Crippen LogP contribution is 2.19. The Morgan fingerprint density at radius 2 is 1.86 bits per heavy atom. The maximum Gasteiger partial charge on any atom is 0.236 e. The number of unbranched alkanes of at least 4 members (excludes halogenated alkanes) is 2. The number of likely N-dealkylation sites (tertiary alicyclic amines) is 1. The van der Waals surface area contributed by atoms with Crippen LogP contribution in [0.1, 0.15) is 65.2 Å². The molecule has 1 aliphatic heterocycles. The van der Waals surface area contributed by atoms with E-state index in [1.54, 1.807) is 0 Å². The number of aliphatic hydroxyl groups is 1. The summed E-state index contributed by atoms with van der Waals surface area (Å²) in [4.78, 5) is 16.9. The van der Waals surface area contributed by atoms with Crippen molar-refractivity contribution in [1.82, 2.24) is 9.80 Å². The van der Waals surface area contributed by atoms with Crippen LogP contribution in [0.2, 0.25) is 0 Å². The molecule has 0 radical (unpaired) electrons. The van der Waals surface area contributed by atoms with Crippen molar-refractivity contribution in [2.45, 2.75) is 71.3 Å². The smallest absolute Gasteiger partial charge is 0.236 e. The Bertz CT molecular complexity index is 274. The van der Waals surface area contributed by atoms with Crippen molar-refractivity contribution in [3.05, 3.63) is 0 Å². The van der Waals surface area contributed by atoms with E-state index < -0.39 is 0 Å². The normalized spacial score (nSPS) is 19.7. The second-order valence-electron chi connectivity index (χ2n) is 6.22. The number of amides is 1. The number of rotatable bonds is 10. The van der Waals surface area contributed by atoms with E-state index in [0.29, 0.717) is 12.6 Å². The zero-order chi connectivity index (χ0) is 15.5. The third-order valence-electron chi connectivity index (χ3n) is 4.47. The summed E-state index contributed by atoms with van der Waals surface area (Å²) in [6, 6.07) is 0.395. The lowest BCUT2D eigenvalue weighted by atomic mass is 9.99. The summed E-state index contributed by atoms with van der Waals surface area (Å²) >= 11 is 0. The molecule has 1 saturated heterocycles. The fraction of sp³-hybridized carbons (Fsp3) is 0.941. The van der Waals surface area contributed by atoms with Gasteiger partial charge in [0.2, 0.25) is 5.91 Å². The van der Waals surface area contributed by atoms with E-state index >= 15 is 0 Å². The number of carbonyl (C=O) groups is 1. The molecule has 0 saturated carbocycles. The highest BCUT2D eigenvalue weighted by Gasteiger charge is 2.25. The van der Waals surface area contributed by atoms with Gasteiger partial charge >= 0.3 is 0 Å². The Balaban J connectivity index is 2.51. The van der Waals surface area contributed by atoms with E-state index in [9.17, 15) is 9.90 Å². The molecular formula is C17H34N2O2. The molecule has 1 N–H and O–H groups in total. The summed E-state index contributed by atoms with van der Waals surface area (Å²) in [5.74, 6) is 0.279. The SMILES string of the molecule is CCCCN(CCCC)C(=O)CN1CCCCC1CCO. The van der Waals surface area contributed by atoms with Crippen LogP contribution in [0, 0.1) is 0 Å². The summed E-state index contributed by atoms with van der Waals surface area (Å²) < 4.78 is 0. The average Bonchev–Trinajstić information content (AvgIpc) is 2.49. The molecule has 0 aromatic carbocycles. The van der Waals surface area contributed by atoms with Crippen molar-refractivity contribution < 1.29 is 9.90 Å². The van der Waals surface area contributed by atoms with Crippen LogP contribution in [0.25, 0.3) is 0 Å². The number of hydrogen-bond acceptors (Lipinski definition) is 3. The standard InChI is InChI=1S/C17H34N2O2/c1-3-5-11-18(12-6-4-2)17(21)15-19-13-8-7-9-16(19)10-14-20/h16,20H,3-15H2,1-2H3. The fourth-order valence-electron chi connectivity index (χ4n) is 3.08. The number of carbonyl (C=O) groups excluding carboxylic acids is 1. The third kappa shape index (κ3) is 6.79. The second-order valence-corrected chi connectivity index (χ2v) is 6.22. The van der Waals surface area contributed by atoms with Crippen LogP contribution in [-0.2, 0) is 4.79 Å². The highest BCUT2D eigenvalue weighted by atomic mass is 16.3. The molecule has 4 nitrogen and oxygen atoms in total. The molecule has 1 atom stereocenters. The zero-order valence-corrected chi connectivity index (χ0v) is 14.0.